The van der Waals surface area contributed by atoms with Crippen molar-refractivity contribution in [3.63, 3.8) is 0 Å². The third-order valence-corrected chi connectivity index (χ3v) is 6.22. The Bertz CT molecular complexity index is 833. The lowest BCUT2D eigenvalue weighted by Crippen LogP contribution is -2.41. The lowest BCUT2D eigenvalue weighted by atomic mass is 10.1. The Labute approximate surface area is 157 Å². The summed E-state index contributed by atoms with van der Waals surface area (Å²) in [5.74, 6) is 0.516. The summed E-state index contributed by atoms with van der Waals surface area (Å²) >= 11 is 0. The second kappa shape index (κ2) is 8.87. The molecule has 0 spiro atoms. The zero-order valence-corrected chi connectivity index (χ0v) is 15.8. The monoisotopic (exact) mass is 399 g/mol. The number of methoxy groups -OCH3 is 1. The molecule has 3 rings (SSSR count). The smallest absolute Gasteiger partial charge is 0.252 e. The Hall–Kier alpha value is -1.88. The third kappa shape index (κ3) is 5.10. The highest BCUT2D eigenvalue weighted by Crippen LogP contribution is 2.22. The lowest BCUT2D eigenvalue weighted by molar-refractivity contribution is 0.0222. The molecule has 1 aromatic carbocycles. The molecule has 1 aliphatic rings. The molecule has 0 atom stereocenters. The topological polar surface area (TPSA) is 94.8 Å². The molecule has 1 fully saturated rings. The van der Waals surface area contributed by atoms with E-state index in [1.165, 1.54) is 16.4 Å². The van der Waals surface area contributed by atoms with Gasteiger partial charge in [0.1, 0.15) is 12.4 Å². The molecule has 27 heavy (non-hydrogen) atoms. The van der Waals surface area contributed by atoms with Crippen LogP contribution in [0.5, 0.6) is 0 Å². The van der Waals surface area contributed by atoms with E-state index in [-0.39, 0.29) is 17.6 Å². The highest BCUT2D eigenvalue weighted by Gasteiger charge is 2.29. The van der Waals surface area contributed by atoms with Gasteiger partial charge < -0.3 is 14.0 Å². The van der Waals surface area contributed by atoms with Crippen LogP contribution in [-0.4, -0.2) is 55.8 Å². The van der Waals surface area contributed by atoms with E-state index in [4.69, 9.17) is 14.0 Å². The minimum Gasteiger partial charge on any atom is -0.378 e. The summed E-state index contributed by atoms with van der Waals surface area (Å²) in [6.45, 7) is 1.44. The predicted octanol–water partition coefficient (Wildman–Crippen LogP) is 1.77. The fraction of sp³-hybridized carbons (Fsp3) is 0.529. The number of aromatic nitrogens is 2. The summed E-state index contributed by atoms with van der Waals surface area (Å²) in [7, 11) is -2.05. The quantitative estimate of drug-likeness (QED) is 0.668. The number of hydrogen-bond acceptors (Lipinski definition) is 7. The molecule has 8 nitrogen and oxygen atoms in total. The largest absolute Gasteiger partial charge is 0.378 e. The Morgan fingerprint density at radius 1 is 1.26 bits per heavy atom. The summed E-state index contributed by atoms with van der Waals surface area (Å²) in [6.07, 6.45) is 1.69. The molecule has 0 N–H and O–H groups in total. The van der Waals surface area contributed by atoms with Crippen molar-refractivity contribution >= 4 is 10.0 Å². The average Bonchev–Trinajstić information content (AvgIpc) is 3.10. The van der Waals surface area contributed by atoms with Gasteiger partial charge >= 0.3 is 0 Å². The molecule has 0 aliphatic carbocycles. The summed E-state index contributed by atoms with van der Waals surface area (Å²) in [6, 6.07) is 4.88. The molecule has 0 saturated carbocycles. The second-order valence-corrected chi connectivity index (χ2v) is 8.15. The number of rotatable bonds is 8. The second-order valence-electron chi connectivity index (χ2n) is 6.22. The number of sulfonamides is 1. The molecule has 0 bridgehead atoms. The Kier molecular flexibility index (Phi) is 6.53. The van der Waals surface area contributed by atoms with Crippen molar-refractivity contribution in [3.05, 3.63) is 41.8 Å². The van der Waals surface area contributed by atoms with Gasteiger partial charge in [0.15, 0.2) is 5.82 Å². The molecule has 10 heteroatoms. The van der Waals surface area contributed by atoms with Gasteiger partial charge in [-0.2, -0.15) is 9.29 Å². The first kappa shape index (κ1) is 19.9. The maximum Gasteiger partial charge on any atom is 0.252 e. The minimum absolute atomic E-state index is 0.0185. The van der Waals surface area contributed by atoms with Crippen LogP contribution in [-0.2, 0) is 32.5 Å². The standard InChI is InChI=1S/C17H22FN3O5S/c1-24-12-17-19-16(20-26-17)8-11-25-14-6-9-21(10-7-14)27(22,23)15-4-2-13(18)3-5-15/h2-5,14H,6-12H2,1H3. The maximum absolute atomic E-state index is 13.0. The van der Waals surface area contributed by atoms with Gasteiger partial charge in [-0.1, -0.05) is 5.16 Å². The van der Waals surface area contributed by atoms with Crippen LogP contribution in [0.3, 0.4) is 0 Å². The van der Waals surface area contributed by atoms with E-state index in [0.717, 1.165) is 12.1 Å². The van der Waals surface area contributed by atoms with Crippen LogP contribution in [0.1, 0.15) is 24.6 Å². The molecule has 0 radical (unpaired) electrons. The molecule has 0 unspecified atom stereocenters. The zero-order chi connectivity index (χ0) is 19.3. The molecule has 2 heterocycles. The van der Waals surface area contributed by atoms with Gasteiger partial charge in [0.25, 0.3) is 5.89 Å². The Morgan fingerprint density at radius 3 is 2.63 bits per heavy atom. The third-order valence-electron chi connectivity index (χ3n) is 4.31. The average molecular weight is 399 g/mol. The molecule has 2 aromatic rings. The van der Waals surface area contributed by atoms with E-state index in [1.54, 1.807) is 7.11 Å². The van der Waals surface area contributed by atoms with Crippen molar-refractivity contribution in [2.45, 2.75) is 36.9 Å². The first-order valence-corrected chi connectivity index (χ1v) is 10.1. The number of benzene rings is 1. The highest BCUT2D eigenvalue weighted by molar-refractivity contribution is 7.89. The van der Waals surface area contributed by atoms with Crippen molar-refractivity contribution in [1.29, 1.82) is 0 Å². The van der Waals surface area contributed by atoms with Crippen LogP contribution in [0.4, 0.5) is 4.39 Å². The molecule has 1 aromatic heterocycles. The van der Waals surface area contributed by atoms with Crippen molar-refractivity contribution in [2.24, 2.45) is 0 Å². The fourth-order valence-corrected chi connectivity index (χ4v) is 4.36. The van der Waals surface area contributed by atoms with E-state index < -0.39 is 15.8 Å². The normalized spacial score (nSPS) is 16.7. The summed E-state index contributed by atoms with van der Waals surface area (Å²) in [5.41, 5.74) is 0. The SMILES string of the molecule is COCc1nc(CCOC2CCN(S(=O)(=O)c3ccc(F)cc3)CC2)no1. The summed E-state index contributed by atoms with van der Waals surface area (Å²) in [4.78, 5) is 4.27. The van der Waals surface area contributed by atoms with Crippen LogP contribution in [0.15, 0.2) is 33.7 Å². The summed E-state index contributed by atoms with van der Waals surface area (Å²) in [5, 5.41) is 3.84. The number of piperidine rings is 1. The number of nitrogens with zero attached hydrogens (tertiary/aromatic N) is 3. The van der Waals surface area contributed by atoms with Crippen LogP contribution in [0.25, 0.3) is 0 Å². The lowest BCUT2D eigenvalue weighted by Gasteiger charge is -2.31. The molecule has 1 aliphatic heterocycles. The van der Waals surface area contributed by atoms with E-state index in [2.05, 4.69) is 10.1 Å². The van der Waals surface area contributed by atoms with Crippen LogP contribution < -0.4 is 0 Å². The number of halogens is 1. The van der Waals surface area contributed by atoms with Crippen LogP contribution in [0.2, 0.25) is 0 Å². The van der Waals surface area contributed by atoms with Gasteiger partial charge in [-0.25, -0.2) is 12.8 Å². The Balaban J connectivity index is 1.45. The van der Waals surface area contributed by atoms with Crippen molar-refractivity contribution in [2.75, 3.05) is 26.8 Å². The van der Waals surface area contributed by atoms with Crippen LogP contribution in [0, 0.1) is 5.82 Å². The van der Waals surface area contributed by atoms with Gasteiger partial charge in [-0.3, -0.25) is 0 Å². The van der Waals surface area contributed by atoms with Crippen molar-refractivity contribution in [3.8, 4) is 0 Å². The fourth-order valence-electron chi connectivity index (χ4n) is 2.89. The molecular weight excluding hydrogens is 377 g/mol. The highest BCUT2D eigenvalue weighted by atomic mass is 32.2. The number of ether oxygens (including phenoxy) is 2. The van der Waals surface area contributed by atoms with E-state index >= 15 is 0 Å². The molecule has 0 amide bonds. The molecule has 148 valence electrons. The van der Waals surface area contributed by atoms with Crippen molar-refractivity contribution < 1.29 is 26.8 Å². The van der Waals surface area contributed by atoms with E-state index in [0.29, 0.717) is 50.7 Å². The Morgan fingerprint density at radius 2 is 1.96 bits per heavy atom. The van der Waals surface area contributed by atoms with E-state index in [1.807, 2.05) is 0 Å². The minimum atomic E-state index is -3.60. The molecular formula is C17H22FN3O5S. The summed E-state index contributed by atoms with van der Waals surface area (Å²) < 4.78 is 55.3. The van der Waals surface area contributed by atoms with Gasteiger partial charge in [0, 0.05) is 26.6 Å². The van der Waals surface area contributed by atoms with Crippen molar-refractivity contribution in [1.82, 2.24) is 14.4 Å². The molecule has 1 saturated heterocycles. The maximum atomic E-state index is 13.0. The van der Waals surface area contributed by atoms with Gasteiger partial charge in [-0.15, -0.1) is 0 Å². The first-order valence-electron chi connectivity index (χ1n) is 8.67. The van der Waals surface area contributed by atoms with E-state index in [9.17, 15) is 12.8 Å². The first-order chi connectivity index (χ1) is 13.0. The predicted molar refractivity (Wildman–Crippen MR) is 92.8 cm³/mol. The van der Waals surface area contributed by atoms with Gasteiger partial charge in [-0.05, 0) is 37.1 Å². The van der Waals surface area contributed by atoms with Gasteiger partial charge in [0.2, 0.25) is 10.0 Å². The zero-order valence-electron chi connectivity index (χ0n) is 15.0. The van der Waals surface area contributed by atoms with Crippen LogP contribution >= 0.6 is 0 Å². The number of hydrogen-bond donors (Lipinski definition) is 0. The van der Waals surface area contributed by atoms with Gasteiger partial charge in [0.05, 0.1) is 17.6 Å².